The molecule has 1 heterocycles. The molecule has 0 aliphatic heterocycles. The number of carbonyl (C=O) groups excluding carboxylic acids is 1. The quantitative estimate of drug-likeness (QED) is 0.913. The van der Waals surface area contributed by atoms with Gasteiger partial charge in [-0.05, 0) is 36.2 Å². The molecule has 1 unspecified atom stereocenters. The van der Waals surface area contributed by atoms with Gasteiger partial charge in [-0.3, -0.25) is 9.78 Å². The Morgan fingerprint density at radius 3 is 2.81 bits per heavy atom. The van der Waals surface area contributed by atoms with Crippen molar-refractivity contribution < 1.29 is 14.3 Å². The third-order valence-corrected chi connectivity index (χ3v) is 3.28. The average Bonchev–Trinajstić information content (AvgIpc) is 2.47. The van der Waals surface area contributed by atoms with Gasteiger partial charge in [0.05, 0.1) is 23.2 Å². The number of aromatic nitrogens is 1. The number of aryl methyl sites for hydroxylation is 1. The van der Waals surface area contributed by atoms with E-state index in [-0.39, 0.29) is 17.5 Å². The number of nitrogens with zero attached hydrogens (tertiary/aromatic N) is 1. The number of amides is 1. The fourth-order valence-corrected chi connectivity index (χ4v) is 2.00. The number of carbonyl (C=O) groups is 1. The highest BCUT2D eigenvalue weighted by molar-refractivity contribution is 6.30. The third-order valence-electron chi connectivity index (χ3n) is 2.97. The first-order valence-corrected chi connectivity index (χ1v) is 6.67. The summed E-state index contributed by atoms with van der Waals surface area (Å²) in [6.45, 7) is 1.47. The van der Waals surface area contributed by atoms with E-state index in [1.165, 1.54) is 18.3 Å². The van der Waals surface area contributed by atoms with Crippen LogP contribution in [-0.4, -0.2) is 22.6 Å². The van der Waals surface area contributed by atoms with E-state index in [1.807, 2.05) is 6.92 Å². The largest absolute Gasteiger partial charge is 0.394 e. The van der Waals surface area contributed by atoms with Crippen molar-refractivity contribution in [2.75, 3.05) is 6.61 Å². The summed E-state index contributed by atoms with van der Waals surface area (Å²) in [6.07, 6.45) is 3.06. The summed E-state index contributed by atoms with van der Waals surface area (Å²) in [6, 6.07) is 5.10. The van der Waals surface area contributed by atoms with Crippen LogP contribution in [0, 0.1) is 12.7 Å². The summed E-state index contributed by atoms with van der Waals surface area (Å²) >= 11 is 5.61. The van der Waals surface area contributed by atoms with Crippen LogP contribution in [0.1, 0.15) is 27.5 Å². The molecule has 0 radical (unpaired) electrons. The molecular weight excluding hydrogens is 295 g/mol. The number of pyridine rings is 1. The zero-order chi connectivity index (χ0) is 15.4. The first-order chi connectivity index (χ1) is 10.0. The fraction of sp³-hybridized carbons (Fsp3) is 0.200. The summed E-state index contributed by atoms with van der Waals surface area (Å²) in [4.78, 5) is 16.0. The van der Waals surface area contributed by atoms with Crippen LogP contribution in [0.4, 0.5) is 4.39 Å². The molecule has 1 aromatic heterocycles. The monoisotopic (exact) mass is 308 g/mol. The standard InChI is InChI=1S/C15H14ClFN2O2/c1-9-4-11(7-18-6-9)15(21)19-14(8-20)10-2-3-12(16)13(17)5-10/h2-7,14,20H,8H2,1H3,(H,19,21). The highest BCUT2D eigenvalue weighted by Crippen LogP contribution is 2.20. The fourth-order valence-electron chi connectivity index (χ4n) is 1.88. The molecule has 21 heavy (non-hydrogen) atoms. The van der Waals surface area contributed by atoms with Crippen molar-refractivity contribution in [2.45, 2.75) is 13.0 Å². The normalized spacial score (nSPS) is 12.0. The second-order valence-corrected chi connectivity index (χ2v) is 5.04. The number of rotatable bonds is 4. The molecule has 4 nitrogen and oxygen atoms in total. The zero-order valence-corrected chi connectivity index (χ0v) is 12.1. The van der Waals surface area contributed by atoms with Crippen LogP contribution < -0.4 is 5.32 Å². The maximum Gasteiger partial charge on any atom is 0.253 e. The molecular formula is C15H14ClFN2O2. The lowest BCUT2D eigenvalue weighted by Crippen LogP contribution is -2.31. The highest BCUT2D eigenvalue weighted by Gasteiger charge is 2.16. The van der Waals surface area contributed by atoms with Crippen molar-refractivity contribution in [1.82, 2.24) is 10.3 Å². The van der Waals surface area contributed by atoms with Gasteiger partial charge in [-0.25, -0.2) is 4.39 Å². The van der Waals surface area contributed by atoms with Crippen LogP contribution in [0.5, 0.6) is 0 Å². The SMILES string of the molecule is Cc1cncc(C(=O)NC(CO)c2ccc(Cl)c(F)c2)c1. The molecule has 2 N–H and O–H groups in total. The molecule has 0 aliphatic rings. The maximum absolute atomic E-state index is 13.5. The molecule has 110 valence electrons. The molecule has 0 fully saturated rings. The van der Waals surface area contributed by atoms with Gasteiger partial charge in [-0.1, -0.05) is 17.7 Å². The summed E-state index contributed by atoms with van der Waals surface area (Å²) in [5, 5.41) is 12.0. The number of nitrogens with one attached hydrogen (secondary N) is 1. The second kappa shape index (κ2) is 6.65. The van der Waals surface area contributed by atoms with Crippen LogP contribution in [0.25, 0.3) is 0 Å². The van der Waals surface area contributed by atoms with Gasteiger partial charge in [-0.15, -0.1) is 0 Å². The van der Waals surface area contributed by atoms with Crippen molar-refractivity contribution in [3.8, 4) is 0 Å². The number of aliphatic hydroxyl groups is 1. The summed E-state index contributed by atoms with van der Waals surface area (Å²) < 4.78 is 13.5. The van der Waals surface area contributed by atoms with E-state index in [1.54, 1.807) is 18.3 Å². The van der Waals surface area contributed by atoms with Crippen LogP contribution in [0.3, 0.4) is 0 Å². The molecule has 1 amide bonds. The Bertz CT molecular complexity index is 664. The Balaban J connectivity index is 2.18. The molecule has 1 atom stereocenters. The van der Waals surface area contributed by atoms with Gasteiger partial charge < -0.3 is 10.4 Å². The van der Waals surface area contributed by atoms with Crippen LogP contribution in [0.15, 0.2) is 36.7 Å². The Morgan fingerprint density at radius 1 is 1.43 bits per heavy atom. The number of hydrogen-bond acceptors (Lipinski definition) is 3. The molecule has 0 saturated carbocycles. The third kappa shape index (κ3) is 3.77. The Hall–Kier alpha value is -1.98. The van der Waals surface area contributed by atoms with E-state index >= 15 is 0 Å². The lowest BCUT2D eigenvalue weighted by Gasteiger charge is -2.17. The van der Waals surface area contributed by atoms with Crippen LogP contribution >= 0.6 is 11.6 Å². The van der Waals surface area contributed by atoms with Gasteiger partial charge in [0.2, 0.25) is 0 Å². The van der Waals surface area contributed by atoms with Crippen LogP contribution in [0.2, 0.25) is 5.02 Å². The molecule has 2 rings (SSSR count). The van der Waals surface area contributed by atoms with E-state index in [4.69, 9.17) is 11.6 Å². The summed E-state index contributed by atoms with van der Waals surface area (Å²) in [5.74, 6) is -0.986. The van der Waals surface area contributed by atoms with Gasteiger partial charge in [-0.2, -0.15) is 0 Å². The number of halogens is 2. The van der Waals surface area contributed by atoms with Crippen molar-refractivity contribution in [3.05, 3.63) is 64.2 Å². The average molecular weight is 309 g/mol. The molecule has 0 saturated heterocycles. The summed E-state index contributed by atoms with van der Waals surface area (Å²) in [7, 11) is 0. The first-order valence-electron chi connectivity index (χ1n) is 6.29. The molecule has 0 spiro atoms. The Kier molecular flexibility index (Phi) is 4.88. The maximum atomic E-state index is 13.5. The van der Waals surface area contributed by atoms with Crippen LogP contribution in [-0.2, 0) is 0 Å². The Morgan fingerprint density at radius 2 is 2.19 bits per heavy atom. The lowest BCUT2D eigenvalue weighted by atomic mass is 10.1. The van der Waals surface area contributed by atoms with E-state index in [0.717, 1.165) is 5.56 Å². The van der Waals surface area contributed by atoms with Crippen molar-refractivity contribution in [2.24, 2.45) is 0 Å². The first kappa shape index (κ1) is 15.4. The van der Waals surface area contributed by atoms with E-state index in [0.29, 0.717) is 11.1 Å². The predicted molar refractivity (Wildman–Crippen MR) is 77.7 cm³/mol. The number of benzene rings is 1. The predicted octanol–water partition coefficient (Wildman–Crippen LogP) is 2.65. The molecule has 1 aromatic carbocycles. The topological polar surface area (TPSA) is 62.2 Å². The molecule has 0 bridgehead atoms. The minimum atomic E-state index is -0.718. The van der Waals surface area contributed by atoms with Crippen molar-refractivity contribution >= 4 is 17.5 Å². The number of hydrogen-bond donors (Lipinski definition) is 2. The minimum absolute atomic E-state index is 0.00958. The number of aliphatic hydroxyl groups excluding tert-OH is 1. The molecule has 0 aliphatic carbocycles. The lowest BCUT2D eigenvalue weighted by molar-refractivity contribution is 0.0915. The minimum Gasteiger partial charge on any atom is -0.394 e. The summed E-state index contributed by atoms with van der Waals surface area (Å²) in [5.41, 5.74) is 1.66. The second-order valence-electron chi connectivity index (χ2n) is 4.63. The van der Waals surface area contributed by atoms with E-state index in [9.17, 15) is 14.3 Å². The smallest absolute Gasteiger partial charge is 0.253 e. The molecule has 2 aromatic rings. The van der Waals surface area contributed by atoms with Gasteiger partial charge >= 0.3 is 0 Å². The van der Waals surface area contributed by atoms with Gasteiger partial charge in [0, 0.05) is 12.4 Å². The van der Waals surface area contributed by atoms with Crippen molar-refractivity contribution in [1.29, 1.82) is 0 Å². The van der Waals surface area contributed by atoms with Gasteiger partial charge in [0.15, 0.2) is 0 Å². The Labute approximate surface area is 126 Å². The molecule has 6 heteroatoms. The van der Waals surface area contributed by atoms with E-state index < -0.39 is 11.9 Å². The van der Waals surface area contributed by atoms with E-state index in [2.05, 4.69) is 10.3 Å². The zero-order valence-electron chi connectivity index (χ0n) is 11.3. The van der Waals surface area contributed by atoms with Gasteiger partial charge in [0.1, 0.15) is 5.82 Å². The highest BCUT2D eigenvalue weighted by atomic mass is 35.5. The van der Waals surface area contributed by atoms with Gasteiger partial charge in [0.25, 0.3) is 5.91 Å². The van der Waals surface area contributed by atoms with Crippen molar-refractivity contribution in [3.63, 3.8) is 0 Å².